The quantitative estimate of drug-likeness (QED) is 0.463. The van der Waals surface area contributed by atoms with E-state index in [9.17, 15) is 4.79 Å². The molecule has 0 aliphatic carbocycles. The Kier molecular flexibility index (Phi) is 5.53. The number of esters is 1. The summed E-state index contributed by atoms with van der Waals surface area (Å²) in [7, 11) is 0. The van der Waals surface area contributed by atoms with Gasteiger partial charge in [0.25, 0.3) is 0 Å². The van der Waals surface area contributed by atoms with Crippen molar-refractivity contribution in [3.63, 3.8) is 0 Å². The molecule has 0 unspecified atom stereocenters. The van der Waals surface area contributed by atoms with Gasteiger partial charge >= 0.3 is 5.97 Å². The topological polar surface area (TPSA) is 85.3 Å². The van der Waals surface area contributed by atoms with Gasteiger partial charge in [0.15, 0.2) is 0 Å². The predicted molar refractivity (Wildman–Crippen MR) is 82.2 cm³/mol. The predicted octanol–water partition coefficient (Wildman–Crippen LogP) is 3.03. The van der Waals surface area contributed by atoms with Crippen LogP contribution in [0.3, 0.4) is 0 Å². The minimum atomic E-state index is -0.706. The summed E-state index contributed by atoms with van der Waals surface area (Å²) in [5, 5.41) is 12.8. The highest BCUT2D eigenvalue weighted by Crippen LogP contribution is 2.15. The van der Waals surface area contributed by atoms with E-state index >= 15 is 0 Å². The molecule has 1 heterocycles. The molecule has 1 aromatic carbocycles. The number of carbonyl (C=O) groups is 1. The van der Waals surface area contributed by atoms with E-state index < -0.39 is 5.97 Å². The number of rotatable bonds is 6. The molecule has 0 fully saturated rings. The van der Waals surface area contributed by atoms with Crippen LogP contribution in [-0.2, 0) is 16.1 Å². The molecule has 2 aromatic rings. The molecule has 0 atom stereocenters. The number of benzene rings is 1. The second kappa shape index (κ2) is 7.80. The van der Waals surface area contributed by atoms with Crippen molar-refractivity contribution in [1.29, 1.82) is 5.26 Å². The molecule has 0 amide bonds. The summed E-state index contributed by atoms with van der Waals surface area (Å²) in [5.74, 6) is 0.649. The van der Waals surface area contributed by atoms with Crippen LogP contribution in [0.15, 0.2) is 40.4 Å². The highest BCUT2D eigenvalue weighted by atomic mass is 16.5. The SMILES string of the molecule is CCOc1ccc(/C=C(\C#N)C(=O)OCc2cc(C)on2)cc1. The smallest absolute Gasteiger partial charge is 0.349 e. The summed E-state index contributed by atoms with van der Waals surface area (Å²) in [6.45, 7) is 4.17. The van der Waals surface area contributed by atoms with E-state index in [1.807, 2.05) is 13.0 Å². The molecule has 0 aliphatic rings. The van der Waals surface area contributed by atoms with Crippen molar-refractivity contribution in [2.75, 3.05) is 6.61 Å². The number of hydrogen-bond acceptors (Lipinski definition) is 6. The molecule has 118 valence electrons. The van der Waals surface area contributed by atoms with Gasteiger partial charge < -0.3 is 14.0 Å². The van der Waals surface area contributed by atoms with Crippen LogP contribution in [0, 0.1) is 18.3 Å². The first-order valence-electron chi connectivity index (χ1n) is 7.06. The largest absolute Gasteiger partial charge is 0.494 e. The highest BCUT2D eigenvalue weighted by Gasteiger charge is 2.12. The molecule has 0 aliphatic heterocycles. The third-order valence-corrected chi connectivity index (χ3v) is 2.87. The second-order valence-corrected chi connectivity index (χ2v) is 4.68. The van der Waals surface area contributed by atoms with Crippen molar-refractivity contribution < 1.29 is 18.8 Å². The van der Waals surface area contributed by atoms with Crippen molar-refractivity contribution in [3.05, 3.63) is 52.9 Å². The molecular weight excluding hydrogens is 296 g/mol. The highest BCUT2D eigenvalue weighted by molar-refractivity contribution is 5.97. The fourth-order valence-corrected chi connectivity index (χ4v) is 1.83. The van der Waals surface area contributed by atoms with Crippen LogP contribution in [0.5, 0.6) is 5.75 Å². The normalized spacial score (nSPS) is 10.9. The van der Waals surface area contributed by atoms with E-state index in [1.165, 1.54) is 6.08 Å². The van der Waals surface area contributed by atoms with Gasteiger partial charge in [0.1, 0.15) is 35.5 Å². The molecule has 6 heteroatoms. The Hall–Kier alpha value is -3.07. The van der Waals surface area contributed by atoms with Crippen molar-refractivity contribution in [1.82, 2.24) is 5.16 Å². The van der Waals surface area contributed by atoms with Crippen LogP contribution in [0.4, 0.5) is 0 Å². The Morgan fingerprint density at radius 2 is 2.13 bits per heavy atom. The fourth-order valence-electron chi connectivity index (χ4n) is 1.83. The standard InChI is InChI=1S/C17H16N2O4/c1-3-21-16-6-4-13(5-7-16)9-14(10-18)17(20)22-11-15-8-12(2)23-19-15/h4-9H,3,11H2,1-2H3/b14-9+. The number of aryl methyl sites for hydroxylation is 1. The Balaban J connectivity index is 2.02. The lowest BCUT2D eigenvalue weighted by atomic mass is 10.1. The number of nitriles is 1. The summed E-state index contributed by atoms with van der Waals surface area (Å²) in [6, 6.07) is 10.6. The molecular formula is C17H16N2O4. The average molecular weight is 312 g/mol. The van der Waals surface area contributed by atoms with Crippen LogP contribution >= 0.6 is 0 Å². The van der Waals surface area contributed by atoms with Gasteiger partial charge in [-0.3, -0.25) is 0 Å². The van der Waals surface area contributed by atoms with E-state index in [1.54, 1.807) is 37.3 Å². The number of hydrogen-bond donors (Lipinski definition) is 0. The molecule has 1 aromatic heterocycles. The minimum Gasteiger partial charge on any atom is -0.494 e. The molecule has 0 bridgehead atoms. The van der Waals surface area contributed by atoms with Crippen LogP contribution in [0.25, 0.3) is 6.08 Å². The van der Waals surface area contributed by atoms with Crippen molar-refractivity contribution >= 4 is 12.0 Å². The summed E-state index contributed by atoms with van der Waals surface area (Å²) in [6.07, 6.45) is 1.46. The molecule has 0 saturated heterocycles. The van der Waals surface area contributed by atoms with Gasteiger partial charge in [-0.2, -0.15) is 5.26 Å². The maximum atomic E-state index is 11.9. The van der Waals surface area contributed by atoms with Crippen molar-refractivity contribution in [2.24, 2.45) is 0 Å². The maximum Gasteiger partial charge on any atom is 0.349 e. The summed E-state index contributed by atoms with van der Waals surface area (Å²) >= 11 is 0. The third-order valence-electron chi connectivity index (χ3n) is 2.87. The summed E-state index contributed by atoms with van der Waals surface area (Å²) in [5.41, 5.74) is 1.11. The first kappa shape index (κ1) is 16.3. The lowest BCUT2D eigenvalue weighted by Gasteiger charge is -2.03. The monoisotopic (exact) mass is 312 g/mol. The van der Waals surface area contributed by atoms with E-state index in [0.717, 1.165) is 5.75 Å². The molecule has 2 rings (SSSR count). The third kappa shape index (κ3) is 4.71. The zero-order valence-corrected chi connectivity index (χ0v) is 12.9. The second-order valence-electron chi connectivity index (χ2n) is 4.68. The van der Waals surface area contributed by atoms with Gasteiger partial charge in [0.2, 0.25) is 0 Å². The van der Waals surface area contributed by atoms with E-state index in [2.05, 4.69) is 5.16 Å². The number of nitrogens with zero attached hydrogens (tertiary/aromatic N) is 2. The van der Waals surface area contributed by atoms with Gasteiger partial charge in [-0.25, -0.2) is 4.79 Å². The molecule has 0 spiro atoms. The zero-order valence-electron chi connectivity index (χ0n) is 12.9. The van der Waals surface area contributed by atoms with Crippen molar-refractivity contribution in [2.45, 2.75) is 20.5 Å². The van der Waals surface area contributed by atoms with E-state index in [0.29, 0.717) is 23.6 Å². The molecule has 0 radical (unpaired) electrons. The van der Waals surface area contributed by atoms with Gasteiger partial charge in [-0.1, -0.05) is 17.3 Å². The zero-order chi connectivity index (χ0) is 16.7. The molecule has 0 saturated carbocycles. The first-order chi connectivity index (χ1) is 11.1. The van der Waals surface area contributed by atoms with E-state index in [4.69, 9.17) is 19.3 Å². The first-order valence-corrected chi connectivity index (χ1v) is 7.06. The molecule has 0 N–H and O–H groups in total. The van der Waals surface area contributed by atoms with Gasteiger partial charge in [0.05, 0.1) is 6.61 Å². The van der Waals surface area contributed by atoms with Crippen LogP contribution in [0.2, 0.25) is 0 Å². The Morgan fingerprint density at radius 3 is 2.70 bits per heavy atom. The van der Waals surface area contributed by atoms with E-state index in [-0.39, 0.29) is 12.2 Å². The lowest BCUT2D eigenvalue weighted by Crippen LogP contribution is -2.07. The Bertz CT molecular complexity index is 739. The number of aromatic nitrogens is 1. The maximum absolute atomic E-state index is 11.9. The number of ether oxygens (including phenoxy) is 2. The number of carbonyl (C=O) groups excluding carboxylic acids is 1. The Morgan fingerprint density at radius 1 is 1.39 bits per heavy atom. The van der Waals surface area contributed by atoms with Crippen LogP contribution < -0.4 is 4.74 Å². The van der Waals surface area contributed by atoms with Gasteiger partial charge in [-0.05, 0) is 37.6 Å². The van der Waals surface area contributed by atoms with Gasteiger partial charge in [0, 0.05) is 6.07 Å². The lowest BCUT2D eigenvalue weighted by molar-refractivity contribution is -0.139. The Labute approximate surface area is 133 Å². The molecule has 6 nitrogen and oxygen atoms in total. The average Bonchev–Trinajstić information content (AvgIpc) is 2.97. The minimum absolute atomic E-state index is 0.0432. The molecule has 23 heavy (non-hydrogen) atoms. The summed E-state index contributed by atoms with van der Waals surface area (Å²) in [4.78, 5) is 11.9. The van der Waals surface area contributed by atoms with Crippen molar-refractivity contribution in [3.8, 4) is 11.8 Å². The van der Waals surface area contributed by atoms with Crippen LogP contribution in [0.1, 0.15) is 23.9 Å². The van der Waals surface area contributed by atoms with Crippen LogP contribution in [-0.4, -0.2) is 17.7 Å². The fraction of sp³-hybridized carbons (Fsp3) is 0.235. The van der Waals surface area contributed by atoms with Gasteiger partial charge in [-0.15, -0.1) is 0 Å². The summed E-state index contributed by atoms with van der Waals surface area (Å²) < 4.78 is 15.3.